The number of hydrogen-bond donors (Lipinski definition) is 1. The first-order valence-corrected chi connectivity index (χ1v) is 7.74. The molecule has 1 amide bonds. The molecule has 0 bridgehead atoms. The third kappa shape index (κ3) is 4.46. The molecular formula is C17H19NO2S. The second-order valence-corrected chi connectivity index (χ2v) is 5.78. The molecule has 2 aromatic rings. The summed E-state index contributed by atoms with van der Waals surface area (Å²) in [5, 5.41) is 2.93. The predicted molar refractivity (Wildman–Crippen MR) is 87.0 cm³/mol. The average Bonchev–Trinajstić information content (AvgIpc) is 2.99. The van der Waals surface area contributed by atoms with E-state index in [1.165, 1.54) is 9.75 Å². The van der Waals surface area contributed by atoms with Gasteiger partial charge in [-0.1, -0.05) is 19.6 Å². The molecule has 1 N–H and O–H groups in total. The lowest BCUT2D eigenvalue weighted by Crippen LogP contribution is -2.22. The van der Waals surface area contributed by atoms with Crippen LogP contribution in [0.1, 0.15) is 27.0 Å². The van der Waals surface area contributed by atoms with Gasteiger partial charge in [-0.15, -0.1) is 11.3 Å². The molecule has 0 fully saturated rings. The highest BCUT2D eigenvalue weighted by Gasteiger charge is 2.06. The third-order valence-corrected chi connectivity index (χ3v) is 4.20. The number of hydrogen-bond acceptors (Lipinski definition) is 3. The van der Waals surface area contributed by atoms with Crippen LogP contribution in [0.3, 0.4) is 0 Å². The van der Waals surface area contributed by atoms with Crippen LogP contribution in [-0.4, -0.2) is 12.5 Å². The summed E-state index contributed by atoms with van der Waals surface area (Å²) in [4.78, 5) is 14.6. The standard InChI is InChI=1S/C17H19NO2S/c1-3-11-20-14-7-5-13(6-8-14)17(19)18-12-16-10-9-15(4-2)21-16/h3,5-10H,1,4,11-12H2,2H3,(H,18,19). The number of aryl methyl sites for hydroxylation is 1. The molecule has 0 saturated heterocycles. The number of carbonyl (C=O) groups excluding carboxylic acids is 1. The molecule has 0 aliphatic heterocycles. The Balaban J connectivity index is 1.89. The minimum Gasteiger partial charge on any atom is -0.490 e. The maximum absolute atomic E-state index is 12.1. The van der Waals surface area contributed by atoms with Crippen LogP contribution in [0.2, 0.25) is 0 Å². The first-order chi connectivity index (χ1) is 10.2. The Morgan fingerprint density at radius 2 is 1.95 bits per heavy atom. The second-order valence-electron chi connectivity index (χ2n) is 4.53. The monoisotopic (exact) mass is 301 g/mol. The van der Waals surface area contributed by atoms with Gasteiger partial charge in [-0.2, -0.15) is 0 Å². The Labute approximate surface area is 129 Å². The minimum absolute atomic E-state index is 0.0725. The van der Waals surface area contributed by atoms with Crippen molar-refractivity contribution in [2.75, 3.05) is 6.61 Å². The van der Waals surface area contributed by atoms with E-state index in [1.54, 1.807) is 41.7 Å². The van der Waals surface area contributed by atoms with E-state index in [1.807, 2.05) is 0 Å². The van der Waals surface area contributed by atoms with Crippen molar-refractivity contribution >= 4 is 17.2 Å². The molecule has 0 aliphatic carbocycles. The van der Waals surface area contributed by atoms with Crippen molar-refractivity contribution in [1.82, 2.24) is 5.32 Å². The molecule has 0 saturated carbocycles. The van der Waals surface area contributed by atoms with Crippen LogP contribution in [0.15, 0.2) is 49.1 Å². The lowest BCUT2D eigenvalue weighted by atomic mass is 10.2. The van der Waals surface area contributed by atoms with Crippen molar-refractivity contribution in [3.63, 3.8) is 0 Å². The summed E-state index contributed by atoms with van der Waals surface area (Å²) in [6, 6.07) is 11.3. The lowest BCUT2D eigenvalue weighted by molar-refractivity contribution is 0.0951. The zero-order chi connectivity index (χ0) is 15.1. The van der Waals surface area contributed by atoms with Gasteiger partial charge in [-0.25, -0.2) is 0 Å². The molecule has 0 atom stereocenters. The molecule has 110 valence electrons. The average molecular weight is 301 g/mol. The van der Waals surface area contributed by atoms with Crippen LogP contribution in [0.5, 0.6) is 5.75 Å². The smallest absolute Gasteiger partial charge is 0.251 e. The van der Waals surface area contributed by atoms with Gasteiger partial charge < -0.3 is 10.1 Å². The highest BCUT2D eigenvalue weighted by molar-refractivity contribution is 7.11. The summed E-state index contributed by atoms with van der Waals surface area (Å²) in [5.74, 6) is 0.661. The number of thiophene rings is 1. The van der Waals surface area contributed by atoms with Crippen molar-refractivity contribution in [3.8, 4) is 5.75 Å². The summed E-state index contributed by atoms with van der Waals surface area (Å²) in [6.45, 7) is 6.75. The van der Waals surface area contributed by atoms with Crippen molar-refractivity contribution in [1.29, 1.82) is 0 Å². The highest BCUT2D eigenvalue weighted by Crippen LogP contribution is 2.17. The van der Waals surface area contributed by atoms with Gasteiger partial charge in [0.2, 0.25) is 0 Å². The molecule has 0 spiro atoms. The number of amides is 1. The molecular weight excluding hydrogens is 282 g/mol. The van der Waals surface area contributed by atoms with E-state index in [0.717, 1.165) is 12.2 Å². The van der Waals surface area contributed by atoms with Gasteiger partial charge in [0.1, 0.15) is 12.4 Å². The van der Waals surface area contributed by atoms with Crippen molar-refractivity contribution in [2.24, 2.45) is 0 Å². The molecule has 2 rings (SSSR count). The van der Waals surface area contributed by atoms with Crippen LogP contribution in [0, 0.1) is 0 Å². The van der Waals surface area contributed by atoms with Gasteiger partial charge in [-0.05, 0) is 42.8 Å². The van der Waals surface area contributed by atoms with Gasteiger partial charge in [0.05, 0.1) is 6.54 Å². The van der Waals surface area contributed by atoms with E-state index in [0.29, 0.717) is 18.7 Å². The molecule has 4 heteroatoms. The first kappa shape index (κ1) is 15.3. The quantitative estimate of drug-likeness (QED) is 0.790. The molecule has 3 nitrogen and oxygen atoms in total. The predicted octanol–water partition coefficient (Wildman–Crippen LogP) is 3.81. The summed E-state index contributed by atoms with van der Waals surface area (Å²) < 4.78 is 5.39. The lowest BCUT2D eigenvalue weighted by Gasteiger charge is -2.06. The van der Waals surface area contributed by atoms with Gasteiger partial charge in [-0.3, -0.25) is 4.79 Å². The molecule has 0 radical (unpaired) electrons. The van der Waals surface area contributed by atoms with Gasteiger partial charge in [0.25, 0.3) is 5.91 Å². The van der Waals surface area contributed by atoms with Gasteiger partial charge in [0, 0.05) is 15.3 Å². The number of ether oxygens (including phenoxy) is 1. The van der Waals surface area contributed by atoms with E-state index in [9.17, 15) is 4.79 Å². The topological polar surface area (TPSA) is 38.3 Å². The van der Waals surface area contributed by atoms with E-state index < -0.39 is 0 Å². The van der Waals surface area contributed by atoms with Crippen molar-refractivity contribution in [2.45, 2.75) is 19.9 Å². The summed E-state index contributed by atoms with van der Waals surface area (Å²) in [5.41, 5.74) is 0.633. The highest BCUT2D eigenvalue weighted by atomic mass is 32.1. The first-order valence-electron chi connectivity index (χ1n) is 6.92. The van der Waals surface area contributed by atoms with E-state index >= 15 is 0 Å². The third-order valence-electron chi connectivity index (χ3n) is 2.97. The van der Waals surface area contributed by atoms with Crippen LogP contribution in [-0.2, 0) is 13.0 Å². The summed E-state index contributed by atoms with van der Waals surface area (Å²) in [6.07, 6.45) is 2.72. The van der Waals surface area contributed by atoms with Crippen LogP contribution >= 0.6 is 11.3 Å². The largest absolute Gasteiger partial charge is 0.490 e. The SMILES string of the molecule is C=CCOc1ccc(C(=O)NCc2ccc(CC)s2)cc1. The maximum atomic E-state index is 12.1. The van der Waals surface area contributed by atoms with Gasteiger partial charge >= 0.3 is 0 Å². The van der Waals surface area contributed by atoms with Crippen LogP contribution in [0.4, 0.5) is 0 Å². The Kier molecular flexibility index (Phi) is 5.58. The Bertz CT molecular complexity index is 602. The Morgan fingerprint density at radius 1 is 1.24 bits per heavy atom. The fourth-order valence-electron chi connectivity index (χ4n) is 1.83. The number of nitrogens with one attached hydrogen (secondary N) is 1. The normalized spacial score (nSPS) is 10.1. The van der Waals surface area contributed by atoms with Crippen LogP contribution < -0.4 is 10.1 Å². The molecule has 0 unspecified atom stereocenters. The Hall–Kier alpha value is -2.07. The summed E-state index contributed by atoms with van der Waals surface area (Å²) in [7, 11) is 0. The Morgan fingerprint density at radius 3 is 2.57 bits per heavy atom. The zero-order valence-corrected chi connectivity index (χ0v) is 12.9. The molecule has 0 aliphatic rings. The second kappa shape index (κ2) is 7.64. The molecule has 1 aromatic carbocycles. The number of rotatable bonds is 7. The van der Waals surface area contributed by atoms with E-state index in [-0.39, 0.29) is 5.91 Å². The summed E-state index contributed by atoms with van der Waals surface area (Å²) >= 11 is 1.74. The van der Waals surface area contributed by atoms with E-state index in [4.69, 9.17) is 4.74 Å². The van der Waals surface area contributed by atoms with Crippen molar-refractivity contribution < 1.29 is 9.53 Å². The zero-order valence-electron chi connectivity index (χ0n) is 12.1. The van der Waals surface area contributed by atoms with Crippen molar-refractivity contribution in [3.05, 3.63) is 64.4 Å². The maximum Gasteiger partial charge on any atom is 0.251 e. The fourth-order valence-corrected chi connectivity index (χ4v) is 2.73. The van der Waals surface area contributed by atoms with Gasteiger partial charge in [0.15, 0.2) is 0 Å². The number of carbonyl (C=O) groups is 1. The van der Waals surface area contributed by atoms with E-state index in [2.05, 4.69) is 31.0 Å². The fraction of sp³-hybridized carbons (Fsp3) is 0.235. The number of benzene rings is 1. The molecule has 21 heavy (non-hydrogen) atoms. The van der Waals surface area contributed by atoms with Crippen LogP contribution in [0.25, 0.3) is 0 Å². The molecule has 1 heterocycles. The molecule has 1 aromatic heterocycles. The minimum atomic E-state index is -0.0725.